The maximum atomic E-state index is 13.6. The predicted molar refractivity (Wildman–Crippen MR) is 158 cm³/mol. The Morgan fingerprint density at radius 3 is 2.52 bits per heavy atom. The van der Waals surface area contributed by atoms with E-state index in [0.29, 0.717) is 27.9 Å². The van der Waals surface area contributed by atoms with Crippen LogP contribution in [-0.4, -0.2) is 20.8 Å². The van der Waals surface area contributed by atoms with Crippen LogP contribution in [0.1, 0.15) is 40.1 Å². The highest BCUT2D eigenvalue weighted by atomic mass is 32.2. The zero-order valence-corrected chi connectivity index (χ0v) is 24.1. The first kappa shape index (κ1) is 30.4. The summed E-state index contributed by atoms with van der Waals surface area (Å²) in [5.41, 5.74) is -0.228. The van der Waals surface area contributed by atoms with E-state index in [1.807, 2.05) is 0 Å². The molecule has 1 aliphatic rings. The minimum Gasteiger partial charge on any atom is -0.312 e. The van der Waals surface area contributed by atoms with E-state index in [2.05, 4.69) is 21.4 Å². The molecule has 0 bridgehead atoms. The lowest BCUT2D eigenvalue weighted by atomic mass is 9.96. The van der Waals surface area contributed by atoms with Crippen LogP contribution in [-0.2, 0) is 23.8 Å². The predicted octanol–water partition coefficient (Wildman–Crippen LogP) is 7.58. The van der Waals surface area contributed by atoms with Gasteiger partial charge >= 0.3 is 6.18 Å². The van der Waals surface area contributed by atoms with E-state index in [4.69, 9.17) is 0 Å². The molecular formula is C30H19F3N6O3S2. The number of anilines is 1. The molecule has 0 radical (unpaired) electrons. The molecule has 1 N–H and O–H groups in total. The Hall–Kier alpha value is -5.05. The summed E-state index contributed by atoms with van der Waals surface area (Å²) in [7, 11) is 0. The summed E-state index contributed by atoms with van der Waals surface area (Å²) >= 11 is 1.88. The van der Waals surface area contributed by atoms with Gasteiger partial charge in [0.15, 0.2) is 5.16 Å². The van der Waals surface area contributed by atoms with E-state index in [1.54, 1.807) is 36.4 Å². The number of carbonyl (C=O) groups excluding carboxylic acids is 1. The lowest BCUT2D eigenvalue weighted by Crippen LogP contribution is -2.13. The van der Waals surface area contributed by atoms with Crippen LogP contribution in [0.2, 0.25) is 0 Å². The van der Waals surface area contributed by atoms with Gasteiger partial charge in [-0.1, -0.05) is 36.4 Å². The Morgan fingerprint density at radius 2 is 1.84 bits per heavy atom. The van der Waals surface area contributed by atoms with Gasteiger partial charge in [-0.05, 0) is 66.8 Å². The van der Waals surface area contributed by atoms with E-state index in [0.717, 1.165) is 54.3 Å². The molecule has 2 aromatic heterocycles. The van der Waals surface area contributed by atoms with E-state index in [1.165, 1.54) is 23.5 Å². The van der Waals surface area contributed by atoms with Crippen molar-refractivity contribution in [1.82, 2.24) is 9.97 Å². The Kier molecular flexibility index (Phi) is 8.76. The number of benzene rings is 2. The standard InChI is InChI=1S/C30H19F3N6O3S2/c31-30(32,33)26-14-22(18-6-2-1-3-7-18)36-29(37-26)44-25-11-10-17(13-23(25)39(41)42)12-19(15-34)27(40)38-28-21(16-35)20-8-4-5-9-24(20)43-28/h1-3,6-7,10-14H,4-5,8-9H2,(H,38,40). The second kappa shape index (κ2) is 12.7. The van der Waals surface area contributed by atoms with Gasteiger partial charge < -0.3 is 5.32 Å². The number of aryl methyl sites for hydroxylation is 1. The molecule has 0 saturated carbocycles. The fourth-order valence-electron chi connectivity index (χ4n) is 4.58. The van der Waals surface area contributed by atoms with Crippen LogP contribution >= 0.6 is 23.1 Å². The molecule has 9 nitrogen and oxygen atoms in total. The van der Waals surface area contributed by atoms with Gasteiger partial charge in [0.25, 0.3) is 11.6 Å². The number of thiophene rings is 1. The number of halogens is 3. The second-order valence-corrected chi connectivity index (χ2v) is 11.6. The normalized spacial score (nSPS) is 13.0. The number of amides is 1. The Labute approximate surface area is 256 Å². The third-order valence-corrected chi connectivity index (χ3v) is 8.77. The molecule has 0 aliphatic heterocycles. The molecule has 0 saturated heterocycles. The number of aromatic nitrogens is 2. The number of hydrogen-bond acceptors (Lipinski definition) is 9. The quantitative estimate of drug-likeness (QED) is 0.0721. The molecule has 1 aliphatic carbocycles. The van der Waals surface area contributed by atoms with E-state index in [9.17, 15) is 38.6 Å². The highest BCUT2D eigenvalue weighted by molar-refractivity contribution is 7.99. The molecule has 0 atom stereocenters. The topological polar surface area (TPSA) is 146 Å². The average molecular weight is 633 g/mol. The van der Waals surface area contributed by atoms with Crippen molar-refractivity contribution in [3.05, 3.63) is 97.5 Å². The van der Waals surface area contributed by atoms with Crippen molar-refractivity contribution >= 4 is 45.8 Å². The number of nitrogens with zero attached hydrogens (tertiary/aromatic N) is 5. The maximum Gasteiger partial charge on any atom is 0.433 e. The van der Waals surface area contributed by atoms with Gasteiger partial charge in [0.05, 0.1) is 21.1 Å². The summed E-state index contributed by atoms with van der Waals surface area (Å²) in [6.07, 6.45) is -0.165. The maximum absolute atomic E-state index is 13.6. The molecular weight excluding hydrogens is 613 g/mol. The van der Waals surface area contributed by atoms with Crippen LogP contribution in [0.5, 0.6) is 0 Å². The van der Waals surface area contributed by atoms with Gasteiger partial charge in [-0.25, -0.2) is 9.97 Å². The Bertz CT molecular complexity index is 1890. The average Bonchev–Trinajstić information content (AvgIpc) is 3.36. The lowest BCUT2D eigenvalue weighted by molar-refractivity contribution is -0.387. The number of rotatable bonds is 7. The summed E-state index contributed by atoms with van der Waals surface area (Å²) in [5, 5.41) is 33.9. The summed E-state index contributed by atoms with van der Waals surface area (Å²) in [6.45, 7) is 0. The van der Waals surface area contributed by atoms with Gasteiger partial charge in [-0.2, -0.15) is 23.7 Å². The van der Waals surface area contributed by atoms with Gasteiger partial charge in [0.2, 0.25) is 0 Å². The molecule has 2 heterocycles. The zero-order valence-electron chi connectivity index (χ0n) is 22.5. The summed E-state index contributed by atoms with van der Waals surface area (Å²) in [6, 6.07) is 16.6. The third kappa shape index (κ3) is 6.62. The minimum atomic E-state index is -4.78. The van der Waals surface area contributed by atoms with Crippen molar-refractivity contribution in [2.75, 3.05) is 5.32 Å². The number of carbonyl (C=O) groups is 1. The van der Waals surface area contributed by atoms with Crippen molar-refractivity contribution in [2.45, 2.75) is 41.9 Å². The van der Waals surface area contributed by atoms with Crippen molar-refractivity contribution < 1.29 is 22.9 Å². The second-order valence-electron chi connectivity index (χ2n) is 9.52. The first-order valence-corrected chi connectivity index (χ1v) is 14.7. The number of nitrogens with one attached hydrogen (secondary N) is 1. The number of alkyl halides is 3. The molecule has 0 fully saturated rings. The van der Waals surface area contributed by atoms with Crippen LogP contribution in [0.3, 0.4) is 0 Å². The molecule has 44 heavy (non-hydrogen) atoms. The molecule has 220 valence electrons. The molecule has 2 aromatic carbocycles. The largest absolute Gasteiger partial charge is 0.433 e. The summed E-state index contributed by atoms with van der Waals surface area (Å²) < 4.78 is 40.9. The summed E-state index contributed by atoms with van der Waals surface area (Å²) in [5.74, 6) is -0.783. The SMILES string of the molecule is N#CC(=Cc1ccc(Sc2nc(-c3ccccc3)cc(C(F)(F)F)n2)c([N+](=O)[O-])c1)C(=O)Nc1sc2c(c1C#N)CCCC2. The molecule has 0 spiro atoms. The Balaban J connectivity index is 1.44. The fourth-order valence-corrected chi connectivity index (χ4v) is 6.68. The molecule has 0 unspecified atom stereocenters. The van der Waals surface area contributed by atoms with Crippen molar-refractivity contribution in [2.24, 2.45) is 0 Å². The molecule has 1 amide bonds. The monoisotopic (exact) mass is 632 g/mol. The van der Waals surface area contributed by atoms with Crippen LogP contribution in [0.25, 0.3) is 17.3 Å². The van der Waals surface area contributed by atoms with Crippen LogP contribution in [0, 0.1) is 32.8 Å². The molecule has 5 rings (SSSR count). The van der Waals surface area contributed by atoms with Gasteiger partial charge in [-0.15, -0.1) is 11.3 Å². The number of nitriles is 2. The first-order chi connectivity index (χ1) is 21.1. The third-order valence-electron chi connectivity index (χ3n) is 6.63. The number of hydrogen-bond donors (Lipinski definition) is 1. The highest BCUT2D eigenvalue weighted by Crippen LogP contribution is 2.39. The molecule has 14 heteroatoms. The van der Waals surface area contributed by atoms with Gasteiger partial charge in [-0.3, -0.25) is 14.9 Å². The zero-order chi connectivity index (χ0) is 31.4. The number of fused-ring (bicyclic) bond motifs is 1. The Morgan fingerprint density at radius 1 is 1.09 bits per heavy atom. The minimum absolute atomic E-state index is 0.00606. The van der Waals surface area contributed by atoms with Crippen molar-refractivity contribution in [1.29, 1.82) is 10.5 Å². The molecule has 4 aromatic rings. The van der Waals surface area contributed by atoms with E-state index >= 15 is 0 Å². The van der Waals surface area contributed by atoms with Gasteiger partial charge in [0.1, 0.15) is 28.4 Å². The smallest absolute Gasteiger partial charge is 0.312 e. The first-order valence-electron chi connectivity index (χ1n) is 13.0. The van der Waals surface area contributed by atoms with Crippen molar-refractivity contribution in [3.8, 4) is 23.4 Å². The van der Waals surface area contributed by atoms with E-state index in [-0.39, 0.29) is 26.9 Å². The van der Waals surface area contributed by atoms with E-state index < -0.39 is 28.4 Å². The highest BCUT2D eigenvalue weighted by Gasteiger charge is 2.34. The summed E-state index contributed by atoms with van der Waals surface area (Å²) in [4.78, 5) is 33.0. The van der Waals surface area contributed by atoms with Crippen LogP contribution in [0.4, 0.5) is 23.9 Å². The van der Waals surface area contributed by atoms with Crippen LogP contribution in [0.15, 0.2) is 70.2 Å². The van der Waals surface area contributed by atoms with Crippen molar-refractivity contribution in [3.63, 3.8) is 0 Å². The van der Waals surface area contributed by atoms with Gasteiger partial charge in [0, 0.05) is 16.5 Å². The van der Waals surface area contributed by atoms with Crippen LogP contribution < -0.4 is 5.32 Å². The number of nitro groups is 1. The lowest BCUT2D eigenvalue weighted by Gasteiger charge is -2.11. The number of nitro benzene ring substituents is 1. The fraction of sp³-hybridized carbons (Fsp3) is 0.167.